The van der Waals surface area contributed by atoms with Crippen LogP contribution in [-0.4, -0.2) is 57.1 Å². The molecule has 2 aromatic carbocycles. The van der Waals surface area contributed by atoms with Gasteiger partial charge in [0.05, 0.1) is 16.9 Å². The summed E-state index contributed by atoms with van der Waals surface area (Å²) < 4.78 is 5.88. The van der Waals surface area contributed by atoms with E-state index >= 15 is 0 Å². The first-order valence-electron chi connectivity index (χ1n) is 13.8. The molecule has 1 aromatic heterocycles. The molecule has 2 bridgehead atoms. The smallest absolute Gasteiger partial charge is 0.323 e. The number of carboxylic acids is 1. The number of aryl methyl sites for hydroxylation is 1. The molecule has 7 rings (SSSR count). The number of anilines is 1. The van der Waals surface area contributed by atoms with Crippen molar-refractivity contribution in [3.8, 4) is 5.75 Å². The van der Waals surface area contributed by atoms with E-state index in [9.17, 15) is 29.1 Å². The normalized spacial score (nSPS) is 28.8. The first kappa shape index (κ1) is 27.0. The first-order chi connectivity index (χ1) is 20.2. The Bertz CT molecular complexity index is 1700. The van der Waals surface area contributed by atoms with E-state index in [1.165, 1.54) is 0 Å². The van der Waals surface area contributed by atoms with Crippen LogP contribution in [-0.2, 0) is 19.2 Å². The molecule has 3 fully saturated rings. The minimum Gasteiger partial charge on any atom is -0.484 e. The average Bonchev–Trinajstić information content (AvgIpc) is 3.69. The average molecular weight is 606 g/mol. The number of carbonyl (C=O) groups is 4. The summed E-state index contributed by atoms with van der Waals surface area (Å²) in [4.78, 5) is 67.7. The quantitative estimate of drug-likeness (QED) is 0.348. The lowest BCUT2D eigenvalue weighted by Crippen LogP contribution is -2.42. The molecule has 2 aliphatic carbocycles. The number of carbonyl (C=O) groups excluding carboxylic acids is 3. The Morgan fingerprint density at radius 3 is 2.60 bits per heavy atom. The summed E-state index contributed by atoms with van der Waals surface area (Å²) >= 11 is 2.72. The summed E-state index contributed by atoms with van der Waals surface area (Å²) in [5.41, 5.74) is 2.57. The molecule has 7 atom stereocenters. The zero-order valence-corrected chi connectivity index (χ0v) is 24.1. The van der Waals surface area contributed by atoms with Gasteiger partial charge in [-0.15, -0.1) is 11.8 Å². The summed E-state index contributed by atoms with van der Waals surface area (Å²) in [6.45, 7) is 1.11. The molecule has 3 N–H and O–H groups in total. The standard InChI is InChI=1S/C30H27N3O7S2/c1-13-5-2-3-8-18(13)31-19(34)12-40-15-7-4-6-14(9-15)21-22-16-10-17(25(22)41-27-26(21)42-30(39)32-27)24-23(16)28(37)33(29(24)38)11-20(35)36/h2-9,16-17,21-25H,10-12H2,1H3,(H,31,34)(H,32,39)(H,35,36)/t16?,17?,21-,22?,23?,24?,25?/m1/s1. The van der Waals surface area contributed by atoms with Crippen molar-refractivity contribution >= 4 is 52.5 Å². The number of aromatic amines is 1. The molecular weight excluding hydrogens is 578 g/mol. The molecule has 42 heavy (non-hydrogen) atoms. The van der Waals surface area contributed by atoms with Gasteiger partial charge in [-0.25, -0.2) is 0 Å². The minimum absolute atomic E-state index is 0.00927. The first-order valence-corrected chi connectivity index (χ1v) is 15.5. The molecule has 6 unspecified atom stereocenters. The van der Waals surface area contributed by atoms with Crippen molar-refractivity contribution in [1.29, 1.82) is 0 Å². The Labute approximate surface area is 248 Å². The molecule has 10 nitrogen and oxygen atoms in total. The van der Waals surface area contributed by atoms with Crippen molar-refractivity contribution in [2.75, 3.05) is 18.5 Å². The van der Waals surface area contributed by atoms with Crippen LogP contribution in [0.25, 0.3) is 0 Å². The number of H-pyrrole nitrogens is 1. The molecule has 2 saturated carbocycles. The van der Waals surface area contributed by atoms with Gasteiger partial charge in [0.15, 0.2) is 6.61 Å². The number of fused-ring (bicyclic) bond motifs is 9. The molecule has 3 heterocycles. The van der Waals surface area contributed by atoms with E-state index in [0.717, 1.165) is 43.0 Å². The molecule has 2 aliphatic heterocycles. The van der Waals surface area contributed by atoms with Crippen LogP contribution in [0.1, 0.15) is 28.3 Å². The number of rotatable bonds is 7. The SMILES string of the molecule is Cc1ccccc1NC(=O)COc1cccc([C@H]2c3sc(=O)[nH]c3SC3C4CC(C5C(=O)N(CC(=O)O)C(=O)C45)C32)c1. The molecule has 1 saturated heterocycles. The summed E-state index contributed by atoms with van der Waals surface area (Å²) in [6, 6.07) is 15.0. The van der Waals surface area contributed by atoms with Crippen LogP contribution in [0.4, 0.5) is 5.69 Å². The molecule has 0 radical (unpaired) electrons. The van der Waals surface area contributed by atoms with Gasteiger partial charge in [0.1, 0.15) is 12.3 Å². The van der Waals surface area contributed by atoms with E-state index in [1.807, 2.05) is 49.4 Å². The summed E-state index contributed by atoms with van der Waals surface area (Å²) in [6.07, 6.45) is 0.709. The highest BCUT2D eigenvalue weighted by atomic mass is 32.2. The Balaban J connectivity index is 1.17. The number of nitrogens with one attached hydrogen (secondary N) is 2. The predicted molar refractivity (Wildman–Crippen MR) is 155 cm³/mol. The molecule has 3 aromatic rings. The third kappa shape index (κ3) is 4.27. The van der Waals surface area contributed by atoms with Gasteiger partial charge in [0.25, 0.3) is 5.91 Å². The van der Waals surface area contributed by atoms with E-state index < -0.39 is 30.3 Å². The number of imide groups is 1. The second-order valence-corrected chi connectivity index (χ2v) is 13.5. The van der Waals surface area contributed by atoms with E-state index in [0.29, 0.717) is 12.2 Å². The number of aliphatic carboxylic acids is 1. The number of hydrogen-bond acceptors (Lipinski definition) is 8. The van der Waals surface area contributed by atoms with E-state index in [4.69, 9.17) is 4.74 Å². The summed E-state index contributed by atoms with van der Waals surface area (Å²) in [5, 5.41) is 12.9. The van der Waals surface area contributed by atoms with Gasteiger partial charge in [0, 0.05) is 21.7 Å². The van der Waals surface area contributed by atoms with Crippen LogP contribution in [0, 0.1) is 36.5 Å². The number of carboxylic acid groups (broad SMARTS) is 1. The zero-order chi connectivity index (χ0) is 29.3. The van der Waals surface area contributed by atoms with Crippen molar-refractivity contribution < 1.29 is 29.0 Å². The number of para-hydroxylation sites is 1. The lowest BCUT2D eigenvalue weighted by molar-refractivity contribution is -0.149. The molecule has 0 spiro atoms. The highest BCUT2D eigenvalue weighted by Gasteiger charge is 2.69. The maximum absolute atomic E-state index is 13.4. The van der Waals surface area contributed by atoms with Gasteiger partial charge in [-0.05, 0) is 60.4 Å². The van der Waals surface area contributed by atoms with Crippen LogP contribution >= 0.6 is 23.1 Å². The summed E-state index contributed by atoms with van der Waals surface area (Å²) in [5.74, 6) is -3.30. The van der Waals surface area contributed by atoms with Crippen LogP contribution < -0.4 is 14.9 Å². The molecule has 12 heteroatoms. The highest BCUT2D eigenvalue weighted by Crippen LogP contribution is 2.68. The topological polar surface area (TPSA) is 146 Å². The minimum atomic E-state index is -1.21. The lowest BCUT2D eigenvalue weighted by Gasteiger charge is -2.43. The number of hydrogen-bond donors (Lipinski definition) is 3. The number of thioether (sulfide) groups is 1. The lowest BCUT2D eigenvalue weighted by atomic mass is 9.68. The van der Waals surface area contributed by atoms with Gasteiger partial charge in [-0.2, -0.15) is 0 Å². The second kappa shape index (κ2) is 10.1. The van der Waals surface area contributed by atoms with Gasteiger partial charge in [-0.1, -0.05) is 41.7 Å². The van der Waals surface area contributed by atoms with Gasteiger partial charge < -0.3 is 20.1 Å². The molecule has 4 aliphatic rings. The van der Waals surface area contributed by atoms with E-state index in [1.54, 1.807) is 17.8 Å². The third-order valence-electron chi connectivity index (χ3n) is 9.11. The van der Waals surface area contributed by atoms with Crippen LogP contribution in [0.15, 0.2) is 58.4 Å². The highest BCUT2D eigenvalue weighted by molar-refractivity contribution is 8.00. The van der Waals surface area contributed by atoms with Gasteiger partial charge in [0.2, 0.25) is 11.8 Å². The van der Waals surface area contributed by atoms with Crippen molar-refractivity contribution in [3.05, 3.63) is 74.2 Å². The van der Waals surface area contributed by atoms with Crippen molar-refractivity contribution in [2.45, 2.75) is 29.5 Å². The predicted octanol–water partition coefficient (Wildman–Crippen LogP) is 3.32. The molecular formula is C30H27N3O7S2. The maximum Gasteiger partial charge on any atom is 0.323 e. The molecule has 3 amide bonds. The number of thiazole rings is 1. The number of amides is 3. The number of nitrogens with zero attached hydrogens (tertiary/aromatic N) is 1. The van der Waals surface area contributed by atoms with Gasteiger partial charge in [-0.3, -0.25) is 28.9 Å². The molecule has 216 valence electrons. The fraction of sp³-hybridized carbons (Fsp3) is 0.367. The number of aromatic nitrogens is 1. The van der Waals surface area contributed by atoms with Crippen molar-refractivity contribution in [3.63, 3.8) is 0 Å². The Morgan fingerprint density at radius 2 is 1.83 bits per heavy atom. The third-order valence-corrected chi connectivity index (χ3v) is 11.7. The fourth-order valence-corrected chi connectivity index (χ4v) is 10.5. The van der Waals surface area contributed by atoms with Gasteiger partial charge >= 0.3 is 10.8 Å². The van der Waals surface area contributed by atoms with Crippen LogP contribution in [0.5, 0.6) is 5.75 Å². The van der Waals surface area contributed by atoms with E-state index in [2.05, 4.69) is 10.3 Å². The number of benzene rings is 2. The summed E-state index contributed by atoms with van der Waals surface area (Å²) in [7, 11) is 0. The van der Waals surface area contributed by atoms with Crippen molar-refractivity contribution in [2.24, 2.45) is 29.6 Å². The second-order valence-electron chi connectivity index (χ2n) is 11.3. The fourth-order valence-electron chi connectivity index (χ4n) is 7.59. The zero-order valence-electron chi connectivity index (χ0n) is 22.4. The maximum atomic E-state index is 13.4. The van der Waals surface area contributed by atoms with Crippen molar-refractivity contribution in [1.82, 2.24) is 9.88 Å². The van der Waals surface area contributed by atoms with Crippen LogP contribution in [0.3, 0.4) is 0 Å². The number of ether oxygens (including phenoxy) is 1. The van der Waals surface area contributed by atoms with Crippen LogP contribution in [0.2, 0.25) is 0 Å². The Hall–Kier alpha value is -3.90. The number of likely N-dealkylation sites (tertiary alicyclic amines) is 1. The Morgan fingerprint density at radius 1 is 1.07 bits per heavy atom. The monoisotopic (exact) mass is 605 g/mol. The Kier molecular flexibility index (Phi) is 6.50. The van der Waals surface area contributed by atoms with E-state index in [-0.39, 0.29) is 52.2 Å². The largest absolute Gasteiger partial charge is 0.484 e.